The molecule has 2 saturated carbocycles. The van der Waals surface area contributed by atoms with E-state index in [1.165, 1.54) is 51.4 Å². The summed E-state index contributed by atoms with van der Waals surface area (Å²) in [5, 5.41) is 12.2. The zero-order valence-corrected chi connectivity index (χ0v) is 12.6. The third-order valence-electron chi connectivity index (χ3n) is 5.22. The second-order valence-corrected chi connectivity index (χ2v) is 6.60. The van der Waals surface area contributed by atoms with E-state index in [1.54, 1.807) is 0 Å². The van der Waals surface area contributed by atoms with E-state index in [1.807, 2.05) is 24.3 Å². The van der Waals surface area contributed by atoms with Crippen molar-refractivity contribution >= 4 is 5.69 Å². The highest BCUT2D eigenvalue weighted by Gasteiger charge is 2.37. The molecule has 0 atom stereocenters. The van der Waals surface area contributed by atoms with Crippen LogP contribution in [0, 0.1) is 16.7 Å². The quantitative estimate of drug-likeness (QED) is 0.885. The SMILES string of the molecule is N#CCOc1cccc(NC2CCC3(CCCC3)CC2)c1. The first-order valence-corrected chi connectivity index (χ1v) is 8.16. The lowest BCUT2D eigenvalue weighted by Gasteiger charge is -2.37. The lowest BCUT2D eigenvalue weighted by Crippen LogP contribution is -2.31. The Balaban J connectivity index is 1.54. The summed E-state index contributed by atoms with van der Waals surface area (Å²) < 4.78 is 5.36. The normalized spacial score (nSPS) is 21.1. The summed E-state index contributed by atoms with van der Waals surface area (Å²) in [6.07, 6.45) is 11.1. The first kappa shape index (κ1) is 14.3. The standard InChI is InChI=1S/C18H24N2O/c19-12-13-21-17-5-3-4-16(14-17)20-15-6-10-18(11-7-15)8-1-2-9-18/h3-5,14-15,20H,1-2,6-11,13H2. The average molecular weight is 284 g/mol. The molecule has 2 aliphatic rings. The fourth-order valence-electron chi connectivity index (χ4n) is 4.03. The Kier molecular flexibility index (Phi) is 4.34. The molecule has 0 saturated heterocycles. The van der Waals surface area contributed by atoms with E-state index in [0.29, 0.717) is 11.5 Å². The number of anilines is 1. The van der Waals surface area contributed by atoms with Crippen LogP contribution in [0.2, 0.25) is 0 Å². The molecular weight excluding hydrogens is 260 g/mol. The van der Waals surface area contributed by atoms with Crippen molar-refractivity contribution in [1.29, 1.82) is 5.26 Å². The van der Waals surface area contributed by atoms with E-state index in [0.717, 1.165) is 11.4 Å². The van der Waals surface area contributed by atoms with Gasteiger partial charge in [0.1, 0.15) is 11.8 Å². The smallest absolute Gasteiger partial charge is 0.174 e. The van der Waals surface area contributed by atoms with E-state index in [9.17, 15) is 0 Å². The van der Waals surface area contributed by atoms with Gasteiger partial charge in [0.25, 0.3) is 0 Å². The molecule has 21 heavy (non-hydrogen) atoms. The van der Waals surface area contributed by atoms with Crippen molar-refractivity contribution in [3.63, 3.8) is 0 Å². The first-order chi connectivity index (χ1) is 10.3. The average Bonchev–Trinajstić information content (AvgIpc) is 2.97. The molecule has 0 heterocycles. The zero-order chi connectivity index (χ0) is 14.5. The Morgan fingerprint density at radius 1 is 1.19 bits per heavy atom. The van der Waals surface area contributed by atoms with Crippen LogP contribution in [0.5, 0.6) is 5.75 Å². The number of benzene rings is 1. The predicted octanol–water partition coefficient (Wildman–Crippen LogP) is 4.50. The van der Waals surface area contributed by atoms with Crippen LogP contribution in [-0.2, 0) is 0 Å². The molecule has 0 amide bonds. The predicted molar refractivity (Wildman–Crippen MR) is 84.3 cm³/mol. The molecule has 0 bridgehead atoms. The third-order valence-corrected chi connectivity index (χ3v) is 5.22. The Labute approximate surface area is 127 Å². The van der Waals surface area contributed by atoms with Crippen LogP contribution in [0.1, 0.15) is 51.4 Å². The van der Waals surface area contributed by atoms with Crippen LogP contribution in [-0.4, -0.2) is 12.6 Å². The van der Waals surface area contributed by atoms with Gasteiger partial charge in [0.2, 0.25) is 0 Å². The van der Waals surface area contributed by atoms with Gasteiger partial charge >= 0.3 is 0 Å². The minimum Gasteiger partial charge on any atom is -0.479 e. The summed E-state index contributed by atoms with van der Waals surface area (Å²) in [5.74, 6) is 0.768. The largest absolute Gasteiger partial charge is 0.479 e. The van der Waals surface area contributed by atoms with Crippen molar-refractivity contribution in [2.45, 2.75) is 57.4 Å². The second-order valence-electron chi connectivity index (χ2n) is 6.60. The van der Waals surface area contributed by atoms with E-state index < -0.39 is 0 Å². The molecule has 0 aromatic heterocycles. The van der Waals surface area contributed by atoms with E-state index in [2.05, 4.69) is 11.4 Å². The van der Waals surface area contributed by atoms with Crippen LogP contribution < -0.4 is 10.1 Å². The number of nitriles is 1. The molecule has 0 aliphatic heterocycles. The minimum atomic E-state index is 0.107. The fourth-order valence-corrected chi connectivity index (χ4v) is 4.03. The number of nitrogens with zero attached hydrogens (tertiary/aromatic N) is 1. The summed E-state index contributed by atoms with van der Waals surface area (Å²) >= 11 is 0. The topological polar surface area (TPSA) is 45.0 Å². The highest BCUT2D eigenvalue weighted by Crippen LogP contribution is 2.49. The minimum absolute atomic E-state index is 0.107. The van der Waals surface area contributed by atoms with Crippen molar-refractivity contribution in [3.8, 4) is 11.8 Å². The van der Waals surface area contributed by atoms with Gasteiger partial charge in [-0.25, -0.2) is 0 Å². The van der Waals surface area contributed by atoms with Gasteiger partial charge in [-0.1, -0.05) is 18.9 Å². The number of rotatable bonds is 4. The van der Waals surface area contributed by atoms with Crippen LogP contribution >= 0.6 is 0 Å². The van der Waals surface area contributed by atoms with Crippen molar-refractivity contribution in [2.24, 2.45) is 5.41 Å². The summed E-state index contributed by atoms with van der Waals surface area (Å²) in [4.78, 5) is 0. The molecule has 0 radical (unpaired) electrons. The van der Waals surface area contributed by atoms with Crippen molar-refractivity contribution in [3.05, 3.63) is 24.3 Å². The van der Waals surface area contributed by atoms with Crippen molar-refractivity contribution in [1.82, 2.24) is 0 Å². The molecule has 2 aliphatic carbocycles. The van der Waals surface area contributed by atoms with Gasteiger partial charge in [0.05, 0.1) is 0 Å². The molecule has 3 rings (SSSR count). The number of ether oxygens (including phenoxy) is 1. The molecule has 1 aromatic carbocycles. The molecule has 0 unspecified atom stereocenters. The Hall–Kier alpha value is -1.69. The highest BCUT2D eigenvalue weighted by atomic mass is 16.5. The molecule has 3 nitrogen and oxygen atoms in total. The van der Waals surface area contributed by atoms with Crippen LogP contribution in [0.3, 0.4) is 0 Å². The summed E-state index contributed by atoms with van der Waals surface area (Å²) in [6, 6.07) is 10.5. The summed E-state index contributed by atoms with van der Waals surface area (Å²) in [6.45, 7) is 0.107. The Morgan fingerprint density at radius 2 is 1.95 bits per heavy atom. The van der Waals surface area contributed by atoms with Crippen molar-refractivity contribution in [2.75, 3.05) is 11.9 Å². The molecular formula is C18H24N2O. The van der Waals surface area contributed by atoms with Crippen molar-refractivity contribution < 1.29 is 4.74 Å². The van der Waals surface area contributed by atoms with Crippen LogP contribution in [0.15, 0.2) is 24.3 Å². The lowest BCUT2D eigenvalue weighted by atomic mass is 9.71. The van der Waals surface area contributed by atoms with Gasteiger partial charge < -0.3 is 10.1 Å². The molecule has 1 N–H and O–H groups in total. The monoisotopic (exact) mass is 284 g/mol. The van der Waals surface area contributed by atoms with Gasteiger partial charge in [0, 0.05) is 17.8 Å². The number of hydrogen-bond acceptors (Lipinski definition) is 3. The highest BCUT2D eigenvalue weighted by molar-refractivity contribution is 5.49. The van der Waals surface area contributed by atoms with Gasteiger partial charge in [-0.3, -0.25) is 0 Å². The van der Waals surface area contributed by atoms with Gasteiger partial charge in [0.15, 0.2) is 6.61 Å². The van der Waals surface area contributed by atoms with Gasteiger partial charge in [-0.15, -0.1) is 0 Å². The van der Waals surface area contributed by atoms with Gasteiger partial charge in [-0.05, 0) is 56.1 Å². The lowest BCUT2D eigenvalue weighted by molar-refractivity contribution is 0.188. The summed E-state index contributed by atoms with van der Waals surface area (Å²) in [5.41, 5.74) is 1.80. The maximum Gasteiger partial charge on any atom is 0.174 e. The molecule has 2 fully saturated rings. The van der Waals surface area contributed by atoms with Crippen LogP contribution in [0.25, 0.3) is 0 Å². The maximum atomic E-state index is 8.57. The number of hydrogen-bond donors (Lipinski definition) is 1. The third kappa shape index (κ3) is 3.50. The zero-order valence-electron chi connectivity index (χ0n) is 12.6. The molecule has 1 spiro atoms. The van der Waals surface area contributed by atoms with Gasteiger partial charge in [-0.2, -0.15) is 5.26 Å². The van der Waals surface area contributed by atoms with Crippen LogP contribution in [0.4, 0.5) is 5.69 Å². The number of nitrogens with one attached hydrogen (secondary N) is 1. The maximum absolute atomic E-state index is 8.57. The Bertz CT molecular complexity index is 504. The second kappa shape index (κ2) is 6.39. The molecule has 1 aromatic rings. The van der Waals surface area contributed by atoms with E-state index in [4.69, 9.17) is 10.00 Å². The summed E-state index contributed by atoms with van der Waals surface area (Å²) in [7, 11) is 0. The fraction of sp³-hybridized carbons (Fsp3) is 0.611. The molecule has 112 valence electrons. The Morgan fingerprint density at radius 3 is 2.67 bits per heavy atom. The first-order valence-electron chi connectivity index (χ1n) is 8.16. The van der Waals surface area contributed by atoms with E-state index >= 15 is 0 Å². The molecule has 3 heteroatoms. The van der Waals surface area contributed by atoms with E-state index in [-0.39, 0.29) is 6.61 Å².